The Morgan fingerprint density at radius 1 is 1.22 bits per heavy atom. The lowest BCUT2D eigenvalue weighted by atomic mass is 10.1. The van der Waals surface area contributed by atoms with Crippen LogP contribution >= 0.6 is 15.9 Å². The normalized spacial score (nSPS) is 17.1. The minimum Gasteiger partial charge on any atom is -0.370 e. The van der Waals surface area contributed by atoms with Crippen LogP contribution in [0.4, 0.5) is 5.95 Å². The second-order valence-corrected chi connectivity index (χ2v) is 7.21. The summed E-state index contributed by atoms with van der Waals surface area (Å²) in [5, 5.41) is 0. The van der Waals surface area contributed by atoms with Gasteiger partial charge in [-0.05, 0) is 23.8 Å². The summed E-state index contributed by atoms with van der Waals surface area (Å²) in [6, 6.07) is 11.3. The molecule has 1 aliphatic heterocycles. The topological polar surface area (TPSA) is 73.1 Å². The smallest absolute Gasteiger partial charge is 0.255 e. The number of rotatable bonds is 3. The lowest BCUT2D eigenvalue weighted by molar-refractivity contribution is 0.0389. The molecule has 0 radical (unpaired) electrons. The van der Waals surface area contributed by atoms with Crippen LogP contribution in [0.3, 0.4) is 0 Å². The van der Waals surface area contributed by atoms with Gasteiger partial charge < -0.3 is 9.64 Å². The number of aromatic nitrogens is 4. The molecule has 27 heavy (non-hydrogen) atoms. The number of hydrogen-bond acceptors (Lipinski definition) is 6. The second kappa shape index (κ2) is 7.58. The maximum absolute atomic E-state index is 12.5. The molecule has 0 unspecified atom stereocenters. The minimum atomic E-state index is -0.126. The first-order valence-corrected chi connectivity index (χ1v) is 9.37. The van der Waals surface area contributed by atoms with Gasteiger partial charge in [-0.2, -0.15) is 0 Å². The van der Waals surface area contributed by atoms with Crippen molar-refractivity contribution < 1.29 is 4.74 Å². The lowest BCUT2D eigenvalue weighted by Crippen LogP contribution is -2.41. The molecule has 3 aromatic rings. The summed E-state index contributed by atoms with van der Waals surface area (Å²) in [5.74, 6) is 0.611. The second-order valence-electron chi connectivity index (χ2n) is 6.29. The summed E-state index contributed by atoms with van der Waals surface area (Å²) in [6.45, 7) is 1.84. The predicted octanol–water partition coefficient (Wildman–Crippen LogP) is 2.58. The highest BCUT2D eigenvalue weighted by molar-refractivity contribution is 9.10. The number of morpholine rings is 1. The highest BCUT2D eigenvalue weighted by atomic mass is 79.9. The van der Waals surface area contributed by atoms with Crippen LogP contribution in [-0.2, 0) is 11.8 Å². The molecule has 0 bridgehead atoms. The molecule has 0 aliphatic carbocycles. The van der Waals surface area contributed by atoms with Crippen molar-refractivity contribution in [2.45, 2.75) is 6.10 Å². The zero-order valence-electron chi connectivity index (χ0n) is 14.7. The summed E-state index contributed by atoms with van der Waals surface area (Å²) in [6.07, 6.45) is 3.00. The van der Waals surface area contributed by atoms with E-state index in [1.807, 2.05) is 18.2 Å². The molecular formula is C19H18BrN5O2. The van der Waals surface area contributed by atoms with E-state index in [-0.39, 0.29) is 11.7 Å². The Morgan fingerprint density at radius 2 is 2.11 bits per heavy atom. The average Bonchev–Trinajstić information content (AvgIpc) is 2.71. The van der Waals surface area contributed by atoms with E-state index in [9.17, 15) is 4.79 Å². The highest BCUT2D eigenvalue weighted by Gasteiger charge is 2.25. The highest BCUT2D eigenvalue weighted by Crippen LogP contribution is 2.27. The van der Waals surface area contributed by atoms with Crippen LogP contribution in [0.25, 0.3) is 11.4 Å². The third kappa shape index (κ3) is 3.77. The van der Waals surface area contributed by atoms with Crippen molar-refractivity contribution in [2.24, 2.45) is 7.05 Å². The van der Waals surface area contributed by atoms with E-state index in [1.165, 1.54) is 12.4 Å². The van der Waals surface area contributed by atoms with E-state index in [4.69, 9.17) is 9.72 Å². The van der Waals surface area contributed by atoms with Crippen LogP contribution in [0.1, 0.15) is 11.7 Å². The number of hydrogen-bond donors (Lipinski definition) is 0. The molecule has 1 fully saturated rings. The molecule has 2 aromatic heterocycles. The van der Waals surface area contributed by atoms with Gasteiger partial charge in [0.15, 0.2) is 0 Å². The number of nitrogens with zero attached hydrogens (tertiary/aromatic N) is 5. The Labute approximate surface area is 164 Å². The van der Waals surface area contributed by atoms with Crippen LogP contribution < -0.4 is 10.5 Å². The van der Waals surface area contributed by atoms with Gasteiger partial charge in [0, 0.05) is 30.3 Å². The Morgan fingerprint density at radius 3 is 2.89 bits per heavy atom. The van der Waals surface area contributed by atoms with Crippen LogP contribution in [-0.4, -0.2) is 39.2 Å². The zero-order chi connectivity index (χ0) is 18.8. The van der Waals surface area contributed by atoms with Crippen molar-refractivity contribution in [1.29, 1.82) is 0 Å². The zero-order valence-corrected chi connectivity index (χ0v) is 16.3. The first-order chi connectivity index (χ1) is 13.1. The van der Waals surface area contributed by atoms with Gasteiger partial charge in [0.2, 0.25) is 5.95 Å². The van der Waals surface area contributed by atoms with Gasteiger partial charge in [-0.3, -0.25) is 9.36 Å². The molecule has 8 heteroatoms. The van der Waals surface area contributed by atoms with Gasteiger partial charge in [0.25, 0.3) is 5.56 Å². The SMILES string of the molecule is Cn1c(N2CCO[C@H](c3cccc(Br)c3)C2)nc(-c2ccncn2)cc1=O. The molecule has 7 nitrogen and oxygen atoms in total. The van der Waals surface area contributed by atoms with Crippen molar-refractivity contribution >= 4 is 21.9 Å². The third-order valence-electron chi connectivity index (χ3n) is 4.53. The van der Waals surface area contributed by atoms with E-state index < -0.39 is 0 Å². The van der Waals surface area contributed by atoms with E-state index in [2.05, 4.69) is 36.9 Å². The Balaban J connectivity index is 1.68. The summed E-state index contributed by atoms with van der Waals surface area (Å²) >= 11 is 3.51. The van der Waals surface area contributed by atoms with E-state index >= 15 is 0 Å². The molecule has 1 saturated heterocycles. The number of anilines is 1. The maximum atomic E-state index is 12.5. The molecule has 0 spiro atoms. The van der Waals surface area contributed by atoms with Gasteiger partial charge in [-0.1, -0.05) is 28.1 Å². The van der Waals surface area contributed by atoms with Gasteiger partial charge in [0.05, 0.1) is 24.5 Å². The fourth-order valence-corrected chi connectivity index (χ4v) is 3.54. The number of benzene rings is 1. The Hall–Kier alpha value is -2.58. The van der Waals surface area contributed by atoms with Gasteiger partial charge >= 0.3 is 0 Å². The predicted molar refractivity (Wildman–Crippen MR) is 106 cm³/mol. The molecular weight excluding hydrogens is 410 g/mol. The molecule has 1 aromatic carbocycles. The minimum absolute atomic E-state index is 0.0872. The van der Waals surface area contributed by atoms with Gasteiger partial charge in [-0.15, -0.1) is 0 Å². The first-order valence-electron chi connectivity index (χ1n) is 8.58. The van der Waals surface area contributed by atoms with Crippen molar-refractivity contribution in [3.63, 3.8) is 0 Å². The Kier molecular flexibility index (Phi) is 5.00. The number of ether oxygens (including phenoxy) is 1. The van der Waals surface area contributed by atoms with Crippen molar-refractivity contribution in [1.82, 2.24) is 19.5 Å². The average molecular weight is 428 g/mol. The monoisotopic (exact) mass is 427 g/mol. The molecule has 1 atom stereocenters. The van der Waals surface area contributed by atoms with Crippen LogP contribution in [0, 0.1) is 0 Å². The van der Waals surface area contributed by atoms with E-state index in [1.54, 1.807) is 23.9 Å². The molecule has 3 heterocycles. The number of halogens is 1. The summed E-state index contributed by atoms with van der Waals surface area (Å²) in [7, 11) is 1.73. The largest absolute Gasteiger partial charge is 0.370 e. The summed E-state index contributed by atoms with van der Waals surface area (Å²) in [5.41, 5.74) is 2.13. The van der Waals surface area contributed by atoms with Crippen LogP contribution in [0.2, 0.25) is 0 Å². The first kappa shape index (κ1) is 17.8. The standard InChI is InChI=1S/C19H18BrN5O2/c1-24-18(26)10-16(15-5-6-21-12-22-15)23-19(24)25-7-8-27-17(11-25)13-3-2-4-14(20)9-13/h2-6,9-10,12,17H,7-8,11H2,1H3/t17-/m0/s1. The van der Waals surface area contributed by atoms with Crippen molar-refractivity contribution in [3.05, 3.63) is 69.3 Å². The van der Waals surface area contributed by atoms with Crippen molar-refractivity contribution in [2.75, 3.05) is 24.6 Å². The quantitative estimate of drug-likeness (QED) is 0.639. The van der Waals surface area contributed by atoms with Crippen LogP contribution in [0.15, 0.2) is 58.2 Å². The molecule has 0 N–H and O–H groups in total. The van der Waals surface area contributed by atoms with Crippen LogP contribution in [0.5, 0.6) is 0 Å². The fraction of sp³-hybridized carbons (Fsp3) is 0.263. The van der Waals surface area contributed by atoms with Gasteiger partial charge in [-0.25, -0.2) is 15.0 Å². The summed E-state index contributed by atoms with van der Waals surface area (Å²) in [4.78, 5) is 27.4. The maximum Gasteiger partial charge on any atom is 0.255 e. The molecule has 0 amide bonds. The van der Waals surface area contributed by atoms with E-state index in [0.717, 1.165) is 10.0 Å². The molecule has 0 saturated carbocycles. The molecule has 138 valence electrons. The summed E-state index contributed by atoms with van der Waals surface area (Å²) < 4.78 is 8.53. The van der Waals surface area contributed by atoms with Gasteiger partial charge in [0.1, 0.15) is 12.4 Å². The molecule has 4 rings (SSSR count). The van der Waals surface area contributed by atoms with E-state index in [0.29, 0.717) is 37.0 Å². The van der Waals surface area contributed by atoms with Crippen molar-refractivity contribution in [3.8, 4) is 11.4 Å². The lowest BCUT2D eigenvalue weighted by Gasteiger charge is -2.34. The third-order valence-corrected chi connectivity index (χ3v) is 5.02. The fourth-order valence-electron chi connectivity index (χ4n) is 3.12. The molecule has 1 aliphatic rings. The Bertz CT molecular complexity index is 1010.